The maximum Gasteiger partial charge on any atom is 0.236 e. The molecular formula is C22H32FN3O3S. The third-order valence-electron chi connectivity index (χ3n) is 7.63. The van der Waals surface area contributed by atoms with Gasteiger partial charge in [0.15, 0.2) is 0 Å². The molecule has 3 N–H and O–H groups in total. The van der Waals surface area contributed by atoms with Gasteiger partial charge in [-0.2, -0.15) is 8.61 Å². The number of halogens is 1. The highest BCUT2D eigenvalue weighted by Crippen LogP contribution is 2.54. The van der Waals surface area contributed by atoms with Crippen LogP contribution in [-0.4, -0.2) is 49.3 Å². The molecule has 0 radical (unpaired) electrons. The standard InChI is InChI=1S/C22H32FN3O3S/c23-20-4-1-3-15(12-20)13-25-5-2-6-26(30(25,28)29)14-21(27)24-22-18-8-16-7-17(10-18)11-19(22)9-16/h1,3-4,12,16-19,22,28-29H,2,5-11,13-14H2,(H,24,27). The summed E-state index contributed by atoms with van der Waals surface area (Å²) >= 11 is 0. The molecule has 4 aliphatic carbocycles. The maximum absolute atomic E-state index is 13.5. The van der Waals surface area contributed by atoms with Crippen molar-refractivity contribution in [3.8, 4) is 0 Å². The van der Waals surface area contributed by atoms with E-state index in [1.165, 1.54) is 48.5 Å². The highest BCUT2D eigenvalue weighted by molar-refractivity contribution is 8.20. The van der Waals surface area contributed by atoms with Crippen LogP contribution in [0.4, 0.5) is 4.39 Å². The summed E-state index contributed by atoms with van der Waals surface area (Å²) in [4.78, 5) is 12.9. The first-order chi connectivity index (χ1) is 14.4. The minimum atomic E-state index is -3.25. The highest BCUT2D eigenvalue weighted by Gasteiger charge is 2.48. The van der Waals surface area contributed by atoms with Crippen molar-refractivity contribution in [2.24, 2.45) is 23.7 Å². The van der Waals surface area contributed by atoms with Crippen molar-refractivity contribution < 1.29 is 18.3 Å². The summed E-state index contributed by atoms with van der Waals surface area (Å²) in [6.45, 7) is 1.21. The first-order valence-corrected chi connectivity index (χ1v) is 12.7. The average molecular weight is 438 g/mol. The first kappa shape index (κ1) is 20.7. The van der Waals surface area contributed by atoms with E-state index in [1.807, 2.05) is 0 Å². The maximum atomic E-state index is 13.5. The van der Waals surface area contributed by atoms with Crippen LogP contribution in [0, 0.1) is 29.5 Å². The number of benzene rings is 1. The Hall–Kier alpha value is -1.19. The third kappa shape index (κ3) is 4.00. The summed E-state index contributed by atoms with van der Waals surface area (Å²) in [6, 6.07) is 6.43. The fourth-order valence-corrected chi connectivity index (χ4v) is 8.24. The van der Waals surface area contributed by atoms with E-state index in [0.29, 0.717) is 30.5 Å². The van der Waals surface area contributed by atoms with Crippen molar-refractivity contribution in [2.45, 2.75) is 51.1 Å². The van der Waals surface area contributed by atoms with E-state index in [0.717, 1.165) is 18.3 Å². The van der Waals surface area contributed by atoms with Crippen LogP contribution in [0.15, 0.2) is 24.3 Å². The molecule has 0 spiro atoms. The molecule has 5 fully saturated rings. The fraction of sp³-hybridized carbons (Fsp3) is 0.682. The second kappa shape index (κ2) is 8.06. The van der Waals surface area contributed by atoms with Crippen molar-refractivity contribution in [3.63, 3.8) is 0 Å². The van der Waals surface area contributed by atoms with Crippen LogP contribution in [-0.2, 0) is 11.3 Å². The Kier molecular flexibility index (Phi) is 5.56. The van der Waals surface area contributed by atoms with Crippen molar-refractivity contribution in [1.82, 2.24) is 13.9 Å². The topological polar surface area (TPSA) is 76.0 Å². The molecule has 6 rings (SSSR count). The van der Waals surface area contributed by atoms with Crippen LogP contribution >= 0.6 is 11.0 Å². The third-order valence-corrected chi connectivity index (χ3v) is 9.64. The number of carbonyl (C=O) groups excluding carboxylic acids is 1. The Balaban J connectivity index is 1.21. The molecule has 166 valence electrons. The van der Waals surface area contributed by atoms with Crippen LogP contribution in [0.1, 0.15) is 44.1 Å². The molecule has 4 bridgehead atoms. The number of carbonyl (C=O) groups is 1. The SMILES string of the molecule is O=C(CN1CCCN(Cc2cccc(F)c2)S1(O)O)NC1C2CC3CC(C2)CC1C3. The average Bonchev–Trinajstić information content (AvgIpc) is 2.67. The lowest BCUT2D eigenvalue weighted by Gasteiger charge is -2.55. The molecule has 1 aliphatic heterocycles. The highest BCUT2D eigenvalue weighted by atomic mass is 32.3. The summed E-state index contributed by atoms with van der Waals surface area (Å²) < 4.78 is 38.4. The van der Waals surface area contributed by atoms with Gasteiger partial charge in [-0.3, -0.25) is 13.9 Å². The number of nitrogens with zero attached hydrogens (tertiary/aromatic N) is 2. The second-order valence-electron chi connectivity index (χ2n) is 9.72. The zero-order chi connectivity index (χ0) is 20.9. The lowest BCUT2D eigenvalue weighted by atomic mass is 9.54. The van der Waals surface area contributed by atoms with Crippen molar-refractivity contribution in [3.05, 3.63) is 35.6 Å². The van der Waals surface area contributed by atoms with Gasteiger partial charge in [0.2, 0.25) is 5.91 Å². The smallest absolute Gasteiger partial charge is 0.236 e. The molecule has 6 nitrogen and oxygen atoms in total. The van der Waals surface area contributed by atoms with Gasteiger partial charge in [-0.25, -0.2) is 4.39 Å². The minimum absolute atomic E-state index is 0.00915. The zero-order valence-electron chi connectivity index (χ0n) is 17.3. The summed E-state index contributed by atoms with van der Waals surface area (Å²) in [5.74, 6) is 2.44. The Morgan fingerprint density at radius 2 is 1.73 bits per heavy atom. The van der Waals surface area contributed by atoms with E-state index >= 15 is 0 Å². The molecule has 1 heterocycles. The Labute approximate surface area is 179 Å². The number of hydrogen-bond acceptors (Lipinski definition) is 5. The van der Waals surface area contributed by atoms with Crippen LogP contribution < -0.4 is 5.32 Å². The predicted octanol–water partition coefficient (Wildman–Crippen LogP) is 3.85. The van der Waals surface area contributed by atoms with Gasteiger partial charge in [0, 0.05) is 25.7 Å². The number of amides is 1. The Morgan fingerprint density at radius 3 is 2.40 bits per heavy atom. The Morgan fingerprint density at radius 1 is 1.07 bits per heavy atom. The van der Waals surface area contributed by atoms with Gasteiger partial charge in [0.25, 0.3) is 0 Å². The zero-order valence-corrected chi connectivity index (χ0v) is 18.1. The molecule has 5 aliphatic rings. The van der Waals surface area contributed by atoms with E-state index in [2.05, 4.69) is 5.32 Å². The number of nitrogens with one attached hydrogen (secondary N) is 1. The largest absolute Gasteiger partial charge is 0.352 e. The van der Waals surface area contributed by atoms with E-state index in [9.17, 15) is 18.3 Å². The van der Waals surface area contributed by atoms with Gasteiger partial charge in [0.05, 0.1) is 6.54 Å². The summed E-state index contributed by atoms with van der Waals surface area (Å²) in [7, 11) is -3.25. The van der Waals surface area contributed by atoms with E-state index < -0.39 is 11.0 Å². The molecule has 1 aromatic rings. The minimum Gasteiger partial charge on any atom is -0.352 e. The van der Waals surface area contributed by atoms with Crippen LogP contribution in [0.5, 0.6) is 0 Å². The van der Waals surface area contributed by atoms with Crippen LogP contribution in [0.3, 0.4) is 0 Å². The lowest BCUT2D eigenvalue weighted by molar-refractivity contribution is -0.125. The van der Waals surface area contributed by atoms with Crippen molar-refractivity contribution in [1.29, 1.82) is 0 Å². The van der Waals surface area contributed by atoms with Crippen molar-refractivity contribution >= 4 is 16.9 Å². The second-order valence-corrected chi connectivity index (χ2v) is 11.7. The fourth-order valence-electron chi connectivity index (χ4n) is 6.55. The van der Waals surface area contributed by atoms with Gasteiger partial charge in [0.1, 0.15) is 5.82 Å². The lowest BCUT2D eigenvalue weighted by Crippen LogP contribution is -2.57. The van der Waals surface area contributed by atoms with Gasteiger partial charge in [-0.05, 0) is 79.9 Å². The normalized spacial score (nSPS) is 36.6. The molecule has 0 aromatic heterocycles. The molecule has 4 saturated carbocycles. The molecule has 1 amide bonds. The Bertz CT molecular complexity index is 780. The predicted molar refractivity (Wildman–Crippen MR) is 115 cm³/mol. The van der Waals surface area contributed by atoms with Gasteiger partial charge < -0.3 is 5.32 Å². The van der Waals surface area contributed by atoms with Crippen molar-refractivity contribution in [2.75, 3.05) is 19.6 Å². The molecule has 8 heteroatoms. The molecule has 0 unspecified atom stereocenters. The molecule has 30 heavy (non-hydrogen) atoms. The van der Waals surface area contributed by atoms with Gasteiger partial charge in [-0.15, -0.1) is 0 Å². The number of rotatable bonds is 5. The van der Waals surface area contributed by atoms with Gasteiger partial charge in [-0.1, -0.05) is 23.1 Å². The van der Waals surface area contributed by atoms with Crippen LogP contribution in [0.25, 0.3) is 0 Å². The molecular weight excluding hydrogens is 405 g/mol. The molecule has 1 saturated heterocycles. The molecule has 0 atom stereocenters. The summed E-state index contributed by atoms with van der Waals surface area (Å²) in [6.07, 6.45) is 7.05. The quantitative estimate of drug-likeness (QED) is 0.652. The van der Waals surface area contributed by atoms with E-state index in [-0.39, 0.29) is 30.9 Å². The monoisotopic (exact) mass is 437 g/mol. The van der Waals surface area contributed by atoms with Gasteiger partial charge >= 0.3 is 0 Å². The first-order valence-electron chi connectivity index (χ1n) is 11.2. The van der Waals surface area contributed by atoms with Crippen LogP contribution in [0.2, 0.25) is 0 Å². The summed E-state index contributed by atoms with van der Waals surface area (Å²) in [5.41, 5.74) is 0.690. The summed E-state index contributed by atoms with van der Waals surface area (Å²) in [5, 5.41) is 3.26. The molecule has 1 aromatic carbocycles. The van der Waals surface area contributed by atoms with E-state index in [1.54, 1.807) is 16.4 Å². The van der Waals surface area contributed by atoms with E-state index in [4.69, 9.17) is 0 Å². The number of hydrogen-bond donors (Lipinski definition) is 3.